The van der Waals surface area contributed by atoms with Crippen molar-refractivity contribution in [1.82, 2.24) is 4.98 Å². The van der Waals surface area contributed by atoms with E-state index in [2.05, 4.69) is 33.4 Å². The molecular formula is C16H16N4. The van der Waals surface area contributed by atoms with Crippen LogP contribution in [0.1, 0.15) is 18.5 Å². The lowest BCUT2D eigenvalue weighted by Gasteiger charge is -2.18. The van der Waals surface area contributed by atoms with Crippen LogP contribution in [0.25, 0.3) is 0 Å². The molecule has 0 amide bonds. The Morgan fingerprint density at radius 1 is 1.10 bits per heavy atom. The van der Waals surface area contributed by atoms with Gasteiger partial charge in [-0.2, -0.15) is 5.26 Å². The number of nitrogens with one attached hydrogen (secondary N) is 1. The van der Waals surface area contributed by atoms with Crippen molar-refractivity contribution in [3.8, 4) is 6.07 Å². The average Bonchev–Trinajstić information content (AvgIpc) is 3.03. The van der Waals surface area contributed by atoms with Crippen molar-refractivity contribution in [3.63, 3.8) is 0 Å². The number of hydrogen-bond acceptors (Lipinski definition) is 4. The Labute approximate surface area is 118 Å². The Kier molecular flexibility index (Phi) is 3.51. The fourth-order valence-electron chi connectivity index (χ4n) is 2.48. The molecule has 2 aromatic rings. The normalized spacial score (nSPS) is 14.1. The minimum absolute atomic E-state index is 0.413. The smallest absolute Gasteiger partial charge is 0.163 e. The number of nitriles is 1. The lowest BCUT2D eigenvalue weighted by molar-refractivity contribution is 0.949. The Bertz CT molecular complexity index is 622. The minimum atomic E-state index is 0.413. The second kappa shape index (κ2) is 5.62. The first kappa shape index (κ1) is 12.5. The first-order valence-corrected chi connectivity index (χ1v) is 6.84. The van der Waals surface area contributed by atoms with Crippen LogP contribution in [0.15, 0.2) is 42.6 Å². The van der Waals surface area contributed by atoms with Crippen LogP contribution in [0.4, 0.5) is 17.1 Å². The highest BCUT2D eigenvalue weighted by molar-refractivity contribution is 5.66. The van der Waals surface area contributed by atoms with Crippen LogP contribution in [0, 0.1) is 11.3 Å². The quantitative estimate of drug-likeness (QED) is 0.924. The van der Waals surface area contributed by atoms with E-state index in [-0.39, 0.29) is 0 Å². The van der Waals surface area contributed by atoms with E-state index in [9.17, 15) is 0 Å². The molecule has 1 aliphatic rings. The van der Waals surface area contributed by atoms with Crippen LogP contribution in [-0.2, 0) is 0 Å². The van der Waals surface area contributed by atoms with Crippen molar-refractivity contribution < 1.29 is 0 Å². The summed E-state index contributed by atoms with van der Waals surface area (Å²) in [4.78, 5) is 6.44. The van der Waals surface area contributed by atoms with Gasteiger partial charge in [0.25, 0.3) is 0 Å². The van der Waals surface area contributed by atoms with E-state index >= 15 is 0 Å². The molecule has 0 aliphatic carbocycles. The molecule has 1 saturated heterocycles. The second-order valence-corrected chi connectivity index (χ2v) is 4.88. The van der Waals surface area contributed by atoms with Crippen molar-refractivity contribution in [2.24, 2.45) is 0 Å². The fourth-order valence-corrected chi connectivity index (χ4v) is 2.48. The highest BCUT2D eigenvalue weighted by Gasteiger charge is 2.11. The fraction of sp³-hybridized carbons (Fsp3) is 0.250. The number of benzene rings is 1. The van der Waals surface area contributed by atoms with Gasteiger partial charge < -0.3 is 10.2 Å². The molecule has 1 fully saturated rings. The second-order valence-electron chi connectivity index (χ2n) is 4.88. The van der Waals surface area contributed by atoms with Crippen molar-refractivity contribution in [2.45, 2.75) is 12.8 Å². The number of aromatic nitrogens is 1. The largest absolute Gasteiger partial charge is 0.372 e. The highest BCUT2D eigenvalue weighted by atomic mass is 15.1. The monoisotopic (exact) mass is 264 g/mol. The topological polar surface area (TPSA) is 52.0 Å². The van der Waals surface area contributed by atoms with Gasteiger partial charge in [-0.25, -0.2) is 4.98 Å². The summed E-state index contributed by atoms with van der Waals surface area (Å²) >= 11 is 0. The molecule has 0 unspecified atom stereocenters. The van der Waals surface area contributed by atoms with Gasteiger partial charge in [0.2, 0.25) is 0 Å². The van der Waals surface area contributed by atoms with Gasteiger partial charge in [0.05, 0.1) is 5.69 Å². The summed E-state index contributed by atoms with van der Waals surface area (Å²) in [7, 11) is 0. The summed E-state index contributed by atoms with van der Waals surface area (Å²) in [5.41, 5.74) is 3.39. The van der Waals surface area contributed by atoms with E-state index in [0.717, 1.165) is 24.5 Å². The zero-order valence-electron chi connectivity index (χ0n) is 11.2. The molecule has 4 nitrogen and oxygen atoms in total. The zero-order valence-corrected chi connectivity index (χ0v) is 11.2. The minimum Gasteiger partial charge on any atom is -0.372 e. The molecule has 1 N–H and O–H groups in total. The van der Waals surface area contributed by atoms with Gasteiger partial charge >= 0.3 is 0 Å². The maximum atomic E-state index is 9.02. The number of anilines is 3. The molecular weight excluding hydrogens is 248 g/mol. The van der Waals surface area contributed by atoms with Gasteiger partial charge in [-0.15, -0.1) is 0 Å². The third kappa shape index (κ3) is 2.57. The first-order valence-electron chi connectivity index (χ1n) is 6.84. The van der Waals surface area contributed by atoms with Crippen LogP contribution in [-0.4, -0.2) is 18.1 Å². The van der Waals surface area contributed by atoms with Crippen LogP contribution in [0.2, 0.25) is 0 Å². The number of rotatable bonds is 3. The molecule has 0 spiro atoms. The molecule has 0 saturated carbocycles. The molecule has 20 heavy (non-hydrogen) atoms. The number of hydrogen-bond donors (Lipinski definition) is 1. The third-order valence-electron chi connectivity index (χ3n) is 3.53. The van der Waals surface area contributed by atoms with Gasteiger partial charge in [0, 0.05) is 30.7 Å². The standard InChI is InChI=1S/C16H16N4/c17-12-16-15(4-3-9-18-16)19-13-5-7-14(8-6-13)20-10-1-2-11-20/h3-9,19H,1-2,10-11H2. The predicted molar refractivity (Wildman–Crippen MR) is 80.1 cm³/mol. The first-order chi connectivity index (χ1) is 9.86. The SMILES string of the molecule is N#Cc1ncccc1Nc1ccc(N2CCCC2)cc1. The van der Waals surface area contributed by atoms with Gasteiger partial charge in [-0.3, -0.25) is 0 Å². The van der Waals surface area contributed by atoms with Gasteiger partial charge in [0.1, 0.15) is 6.07 Å². The van der Waals surface area contributed by atoms with Crippen molar-refractivity contribution >= 4 is 17.1 Å². The molecule has 4 heteroatoms. The predicted octanol–water partition coefficient (Wildman–Crippen LogP) is 3.30. The van der Waals surface area contributed by atoms with Crippen LogP contribution in [0.3, 0.4) is 0 Å². The summed E-state index contributed by atoms with van der Waals surface area (Å²) in [6.45, 7) is 2.29. The molecule has 0 bridgehead atoms. The lowest BCUT2D eigenvalue weighted by Crippen LogP contribution is -2.17. The average molecular weight is 264 g/mol. The lowest BCUT2D eigenvalue weighted by atomic mass is 10.2. The van der Waals surface area contributed by atoms with E-state index in [1.54, 1.807) is 6.20 Å². The molecule has 0 radical (unpaired) electrons. The van der Waals surface area contributed by atoms with E-state index in [4.69, 9.17) is 5.26 Å². The molecule has 3 rings (SSSR count). The molecule has 1 aromatic heterocycles. The molecule has 2 heterocycles. The van der Waals surface area contributed by atoms with Crippen molar-refractivity contribution in [2.75, 3.05) is 23.3 Å². The molecule has 1 aliphatic heterocycles. The van der Waals surface area contributed by atoms with E-state index in [1.165, 1.54) is 18.5 Å². The van der Waals surface area contributed by atoms with Crippen molar-refractivity contribution in [3.05, 3.63) is 48.3 Å². The zero-order chi connectivity index (χ0) is 13.8. The van der Waals surface area contributed by atoms with E-state index < -0.39 is 0 Å². The van der Waals surface area contributed by atoms with Crippen LogP contribution < -0.4 is 10.2 Å². The Morgan fingerprint density at radius 3 is 2.55 bits per heavy atom. The summed E-state index contributed by atoms with van der Waals surface area (Å²) in [5, 5.41) is 12.3. The van der Waals surface area contributed by atoms with Crippen LogP contribution in [0.5, 0.6) is 0 Å². The number of pyridine rings is 1. The summed E-state index contributed by atoms with van der Waals surface area (Å²) in [5.74, 6) is 0. The highest BCUT2D eigenvalue weighted by Crippen LogP contribution is 2.24. The van der Waals surface area contributed by atoms with Gasteiger partial charge in [0.15, 0.2) is 5.69 Å². The summed E-state index contributed by atoms with van der Waals surface area (Å²) in [6.07, 6.45) is 4.18. The van der Waals surface area contributed by atoms with Crippen molar-refractivity contribution in [1.29, 1.82) is 5.26 Å². The van der Waals surface area contributed by atoms with Gasteiger partial charge in [-0.1, -0.05) is 0 Å². The third-order valence-corrected chi connectivity index (χ3v) is 3.53. The van der Waals surface area contributed by atoms with Crippen LogP contribution >= 0.6 is 0 Å². The summed E-state index contributed by atoms with van der Waals surface area (Å²) < 4.78 is 0. The van der Waals surface area contributed by atoms with E-state index in [0.29, 0.717) is 5.69 Å². The Balaban J connectivity index is 1.76. The number of nitrogens with zero attached hydrogens (tertiary/aromatic N) is 3. The molecule has 100 valence electrons. The summed E-state index contributed by atoms with van der Waals surface area (Å²) in [6, 6.07) is 14.1. The maximum absolute atomic E-state index is 9.02. The Morgan fingerprint density at radius 2 is 1.85 bits per heavy atom. The van der Waals surface area contributed by atoms with Gasteiger partial charge in [-0.05, 0) is 49.2 Å². The molecule has 1 aromatic carbocycles. The Hall–Kier alpha value is -2.54. The maximum Gasteiger partial charge on any atom is 0.163 e. The van der Waals surface area contributed by atoms with E-state index in [1.807, 2.05) is 24.3 Å². The molecule has 0 atom stereocenters.